The molecule has 1 aliphatic rings. The van der Waals surface area contributed by atoms with Gasteiger partial charge in [-0.2, -0.15) is 5.10 Å². The van der Waals surface area contributed by atoms with Crippen LogP contribution in [0.15, 0.2) is 36.7 Å². The number of carbonyl (C=O) groups is 1. The van der Waals surface area contributed by atoms with E-state index in [1.54, 1.807) is 10.9 Å². The molecular weight excluding hydrogens is 276 g/mol. The summed E-state index contributed by atoms with van der Waals surface area (Å²) in [6, 6.07) is 8.51. The van der Waals surface area contributed by atoms with Gasteiger partial charge < -0.3 is 10.6 Å². The van der Waals surface area contributed by atoms with E-state index in [4.69, 9.17) is 0 Å². The second-order valence-electron chi connectivity index (χ2n) is 5.95. The van der Waals surface area contributed by atoms with Gasteiger partial charge in [0.2, 0.25) is 5.91 Å². The van der Waals surface area contributed by atoms with Crippen molar-refractivity contribution >= 4 is 17.3 Å². The predicted octanol–water partition coefficient (Wildman–Crippen LogP) is 2.96. The van der Waals surface area contributed by atoms with E-state index in [0.29, 0.717) is 12.5 Å². The van der Waals surface area contributed by atoms with E-state index in [1.165, 1.54) is 25.7 Å². The van der Waals surface area contributed by atoms with Gasteiger partial charge in [0.25, 0.3) is 0 Å². The number of amides is 1. The fourth-order valence-electron chi connectivity index (χ4n) is 2.95. The number of rotatable bonds is 5. The van der Waals surface area contributed by atoms with Crippen LogP contribution in [-0.2, 0) is 18.3 Å². The number of hydrogen-bond donors (Lipinski definition) is 2. The molecule has 0 bridgehead atoms. The summed E-state index contributed by atoms with van der Waals surface area (Å²) in [5.41, 5.74) is 2.82. The second-order valence-corrected chi connectivity index (χ2v) is 5.95. The maximum atomic E-state index is 12.1. The lowest BCUT2D eigenvalue weighted by Crippen LogP contribution is -2.16. The zero-order valence-electron chi connectivity index (χ0n) is 12.9. The standard InChI is InChI=1S/C17H22N4O/c1-21-12-13(11-18-21)9-17(22)20-16-8-4-7-15(10-16)19-14-5-2-3-6-14/h4,7-8,10-12,14,19H,2-3,5-6,9H2,1H3,(H,20,22). The average Bonchev–Trinajstić information content (AvgIpc) is 3.11. The highest BCUT2D eigenvalue weighted by atomic mass is 16.1. The van der Waals surface area contributed by atoms with Crippen molar-refractivity contribution in [3.63, 3.8) is 0 Å². The number of aryl methyl sites for hydroxylation is 1. The number of nitrogens with zero attached hydrogens (tertiary/aromatic N) is 2. The van der Waals surface area contributed by atoms with Crippen LogP contribution in [0.1, 0.15) is 31.2 Å². The highest BCUT2D eigenvalue weighted by molar-refractivity contribution is 5.92. The summed E-state index contributed by atoms with van der Waals surface area (Å²) in [4.78, 5) is 12.1. The van der Waals surface area contributed by atoms with Crippen LogP contribution in [0.3, 0.4) is 0 Å². The van der Waals surface area contributed by atoms with E-state index in [-0.39, 0.29) is 5.91 Å². The minimum Gasteiger partial charge on any atom is -0.382 e. The highest BCUT2D eigenvalue weighted by Gasteiger charge is 2.14. The van der Waals surface area contributed by atoms with Gasteiger partial charge in [-0.25, -0.2) is 0 Å². The van der Waals surface area contributed by atoms with Crippen LogP contribution in [-0.4, -0.2) is 21.7 Å². The number of benzene rings is 1. The lowest BCUT2D eigenvalue weighted by atomic mass is 10.2. The summed E-state index contributed by atoms with van der Waals surface area (Å²) in [7, 11) is 1.85. The van der Waals surface area contributed by atoms with Crippen LogP contribution in [0.4, 0.5) is 11.4 Å². The van der Waals surface area contributed by atoms with Crippen molar-refractivity contribution < 1.29 is 4.79 Å². The largest absolute Gasteiger partial charge is 0.382 e. The van der Waals surface area contributed by atoms with Gasteiger partial charge in [0, 0.05) is 30.7 Å². The summed E-state index contributed by atoms with van der Waals surface area (Å²) < 4.78 is 1.70. The van der Waals surface area contributed by atoms with Gasteiger partial charge in [0.15, 0.2) is 0 Å². The lowest BCUT2D eigenvalue weighted by molar-refractivity contribution is -0.115. The third-order valence-electron chi connectivity index (χ3n) is 4.00. The van der Waals surface area contributed by atoms with Gasteiger partial charge in [-0.1, -0.05) is 18.9 Å². The van der Waals surface area contributed by atoms with Crippen molar-refractivity contribution in [3.05, 3.63) is 42.2 Å². The quantitative estimate of drug-likeness (QED) is 0.892. The number of aromatic nitrogens is 2. The Morgan fingerprint density at radius 3 is 2.82 bits per heavy atom. The highest BCUT2D eigenvalue weighted by Crippen LogP contribution is 2.23. The zero-order valence-corrected chi connectivity index (χ0v) is 12.9. The summed E-state index contributed by atoms with van der Waals surface area (Å²) in [6.45, 7) is 0. The molecule has 1 fully saturated rings. The van der Waals surface area contributed by atoms with Gasteiger partial charge in [0.1, 0.15) is 0 Å². The first-order valence-electron chi connectivity index (χ1n) is 7.83. The molecule has 1 amide bonds. The number of anilines is 2. The smallest absolute Gasteiger partial charge is 0.228 e. The molecule has 0 atom stereocenters. The van der Waals surface area contributed by atoms with Crippen LogP contribution in [0, 0.1) is 0 Å². The third kappa shape index (κ3) is 3.87. The Labute approximate surface area is 130 Å². The second kappa shape index (κ2) is 6.64. The van der Waals surface area contributed by atoms with Crippen molar-refractivity contribution in [2.45, 2.75) is 38.1 Å². The average molecular weight is 298 g/mol. The van der Waals surface area contributed by atoms with Gasteiger partial charge in [-0.05, 0) is 36.6 Å². The molecule has 5 heteroatoms. The van der Waals surface area contributed by atoms with Crippen molar-refractivity contribution in [1.82, 2.24) is 9.78 Å². The molecule has 116 valence electrons. The summed E-state index contributed by atoms with van der Waals surface area (Å²) in [5.74, 6) is -0.0222. The maximum Gasteiger partial charge on any atom is 0.228 e. The molecule has 5 nitrogen and oxygen atoms in total. The van der Waals surface area contributed by atoms with E-state index < -0.39 is 0 Å². The van der Waals surface area contributed by atoms with Crippen LogP contribution >= 0.6 is 0 Å². The first-order valence-corrected chi connectivity index (χ1v) is 7.83. The zero-order chi connectivity index (χ0) is 15.4. The molecule has 22 heavy (non-hydrogen) atoms. The molecule has 1 aromatic carbocycles. The molecule has 0 aliphatic heterocycles. The number of nitrogens with one attached hydrogen (secondary N) is 2. The minimum atomic E-state index is -0.0222. The molecular formula is C17H22N4O. The van der Waals surface area contributed by atoms with Crippen LogP contribution in [0.5, 0.6) is 0 Å². The fraction of sp³-hybridized carbons (Fsp3) is 0.412. The van der Waals surface area contributed by atoms with Crippen LogP contribution in [0.25, 0.3) is 0 Å². The van der Waals surface area contributed by atoms with E-state index in [1.807, 2.05) is 31.4 Å². The summed E-state index contributed by atoms with van der Waals surface area (Å²) >= 11 is 0. The Balaban J connectivity index is 1.58. The molecule has 1 heterocycles. The molecule has 3 rings (SSSR count). The van der Waals surface area contributed by atoms with Crippen molar-refractivity contribution in [2.24, 2.45) is 7.05 Å². The first-order chi connectivity index (χ1) is 10.7. The number of hydrogen-bond acceptors (Lipinski definition) is 3. The van der Waals surface area contributed by atoms with Crippen LogP contribution in [0.2, 0.25) is 0 Å². The minimum absolute atomic E-state index is 0.0222. The molecule has 0 spiro atoms. The Bertz CT molecular complexity index is 644. The Kier molecular flexibility index (Phi) is 4.42. The van der Waals surface area contributed by atoms with Gasteiger partial charge in [-0.3, -0.25) is 9.48 Å². The molecule has 0 unspecified atom stereocenters. The van der Waals surface area contributed by atoms with E-state index >= 15 is 0 Å². The monoisotopic (exact) mass is 298 g/mol. The first kappa shape index (κ1) is 14.6. The molecule has 2 N–H and O–H groups in total. The summed E-state index contributed by atoms with van der Waals surface area (Å²) in [5, 5.41) is 10.6. The van der Waals surface area contributed by atoms with Crippen molar-refractivity contribution in [1.29, 1.82) is 0 Å². The van der Waals surface area contributed by atoms with Gasteiger partial charge >= 0.3 is 0 Å². The predicted molar refractivity (Wildman–Crippen MR) is 87.9 cm³/mol. The topological polar surface area (TPSA) is 59.0 Å². The molecule has 1 aliphatic carbocycles. The van der Waals surface area contributed by atoms with E-state index in [0.717, 1.165) is 16.9 Å². The van der Waals surface area contributed by atoms with Crippen molar-refractivity contribution in [2.75, 3.05) is 10.6 Å². The summed E-state index contributed by atoms with van der Waals surface area (Å²) in [6.07, 6.45) is 9.00. The lowest BCUT2D eigenvalue weighted by Gasteiger charge is -2.14. The SMILES string of the molecule is Cn1cc(CC(=O)Nc2cccc(NC3CCCC3)c2)cn1. The van der Waals surface area contributed by atoms with E-state index in [2.05, 4.69) is 21.8 Å². The Morgan fingerprint density at radius 2 is 2.09 bits per heavy atom. The fourth-order valence-corrected chi connectivity index (χ4v) is 2.95. The van der Waals surface area contributed by atoms with Gasteiger partial charge in [-0.15, -0.1) is 0 Å². The van der Waals surface area contributed by atoms with Crippen LogP contribution < -0.4 is 10.6 Å². The number of carbonyl (C=O) groups excluding carboxylic acids is 1. The molecule has 0 radical (unpaired) electrons. The van der Waals surface area contributed by atoms with Gasteiger partial charge in [0.05, 0.1) is 12.6 Å². The Morgan fingerprint density at radius 1 is 1.32 bits per heavy atom. The molecule has 1 saturated carbocycles. The maximum absolute atomic E-state index is 12.1. The molecule has 0 saturated heterocycles. The molecule has 1 aromatic heterocycles. The van der Waals surface area contributed by atoms with Crippen molar-refractivity contribution in [3.8, 4) is 0 Å². The Hall–Kier alpha value is -2.30. The molecule has 2 aromatic rings. The normalized spacial score (nSPS) is 15.0. The third-order valence-corrected chi connectivity index (χ3v) is 4.00. The van der Waals surface area contributed by atoms with E-state index in [9.17, 15) is 4.79 Å².